The van der Waals surface area contributed by atoms with Crippen molar-refractivity contribution < 1.29 is 18.7 Å². The van der Waals surface area contributed by atoms with E-state index in [2.05, 4.69) is 10.1 Å². The average Bonchev–Trinajstić information content (AvgIpc) is 2.58. The Balaban J connectivity index is 2.26. The van der Waals surface area contributed by atoms with Gasteiger partial charge >= 0.3 is 5.97 Å². The summed E-state index contributed by atoms with van der Waals surface area (Å²) in [6, 6.07) is 0. The first-order valence-corrected chi connectivity index (χ1v) is 5.20. The first-order valence-electron chi connectivity index (χ1n) is 5.20. The molecule has 0 bridgehead atoms. The highest BCUT2D eigenvalue weighted by molar-refractivity contribution is 5.81. The molecule has 86 valence electrons. The van der Waals surface area contributed by atoms with Crippen LogP contribution in [0.15, 0.2) is 0 Å². The van der Waals surface area contributed by atoms with Crippen LogP contribution in [-0.4, -0.2) is 45.1 Å². The number of esters is 1. The molecule has 0 aromatic carbocycles. The summed E-state index contributed by atoms with van der Waals surface area (Å²) < 4.78 is 24.4. The minimum absolute atomic E-state index is 0.0552. The van der Waals surface area contributed by atoms with Crippen molar-refractivity contribution in [2.24, 2.45) is 5.41 Å². The van der Waals surface area contributed by atoms with Gasteiger partial charge in [0, 0.05) is 31.7 Å². The van der Waals surface area contributed by atoms with Crippen LogP contribution in [0.1, 0.15) is 12.8 Å². The van der Waals surface area contributed by atoms with E-state index in [9.17, 15) is 9.18 Å². The standard InChI is InChI=1S/C10H16FNO3/c1-14-8(13)10(11)7-12-6-9(10)2-4-15-5-3-9/h12H,2-7H2,1H3. The van der Waals surface area contributed by atoms with Gasteiger partial charge in [-0.1, -0.05) is 0 Å². The van der Waals surface area contributed by atoms with Gasteiger partial charge in [0.15, 0.2) is 0 Å². The number of carbonyl (C=O) groups excluding carboxylic acids is 1. The Kier molecular flexibility index (Phi) is 2.68. The van der Waals surface area contributed by atoms with Crippen LogP contribution < -0.4 is 5.32 Å². The third kappa shape index (κ3) is 1.45. The van der Waals surface area contributed by atoms with Crippen molar-refractivity contribution in [2.45, 2.75) is 18.5 Å². The molecule has 2 saturated heterocycles. The van der Waals surface area contributed by atoms with E-state index in [1.54, 1.807) is 0 Å². The first kappa shape index (κ1) is 10.8. The number of carbonyl (C=O) groups is 1. The molecule has 1 spiro atoms. The molecule has 0 aromatic rings. The van der Waals surface area contributed by atoms with E-state index in [0.717, 1.165) is 0 Å². The topological polar surface area (TPSA) is 47.6 Å². The number of hydrogen-bond donors (Lipinski definition) is 1. The summed E-state index contributed by atoms with van der Waals surface area (Å²) in [6.45, 7) is 1.62. The zero-order valence-corrected chi connectivity index (χ0v) is 8.85. The third-order valence-electron chi connectivity index (χ3n) is 3.63. The highest BCUT2D eigenvalue weighted by Crippen LogP contribution is 2.46. The molecule has 1 atom stereocenters. The monoisotopic (exact) mass is 217 g/mol. The summed E-state index contributed by atoms with van der Waals surface area (Å²) >= 11 is 0. The van der Waals surface area contributed by atoms with Gasteiger partial charge in [0.05, 0.1) is 7.11 Å². The summed E-state index contributed by atoms with van der Waals surface area (Å²) in [5.74, 6) is -0.755. The molecule has 2 aliphatic heterocycles. The van der Waals surface area contributed by atoms with Crippen LogP contribution in [0.25, 0.3) is 0 Å². The minimum Gasteiger partial charge on any atom is -0.467 e. The second kappa shape index (κ2) is 3.72. The number of hydrogen-bond acceptors (Lipinski definition) is 4. The van der Waals surface area contributed by atoms with Crippen LogP contribution in [0.4, 0.5) is 4.39 Å². The lowest BCUT2D eigenvalue weighted by atomic mass is 9.70. The number of rotatable bonds is 1. The largest absolute Gasteiger partial charge is 0.467 e. The molecule has 0 aromatic heterocycles. The fourth-order valence-corrected chi connectivity index (χ4v) is 2.59. The van der Waals surface area contributed by atoms with Crippen molar-refractivity contribution in [1.82, 2.24) is 5.32 Å². The molecular formula is C10H16FNO3. The van der Waals surface area contributed by atoms with Gasteiger partial charge in [0.1, 0.15) is 0 Å². The van der Waals surface area contributed by atoms with E-state index in [-0.39, 0.29) is 6.54 Å². The van der Waals surface area contributed by atoms with Gasteiger partial charge in [-0.15, -0.1) is 0 Å². The molecule has 0 saturated carbocycles. The van der Waals surface area contributed by atoms with E-state index in [4.69, 9.17) is 4.74 Å². The molecule has 2 aliphatic rings. The number of nitrogens with one attached hydrogen (secondary N) is 1. The molecule has 0 aliphatic carbocycles. The van der Waals surface area contributed by atoms with Crippen molar-refractivity contribution in [3.8, 4) is 0 Å². The Morgan fingerprint density at radius 2 is 2.07 bits per heavy atom. The quantitative estimate of drug-likeness (QED) is 0.640. The van der Waals surface area contributed by atoms with Gasteiger partial charge in [-0.25, -0.2) is 9.18 Å². The van der Waals surface area contributed by atoms with Crippen molar-refractivity contribution in [3.63, 3.8) is 0 Å². The van der Waals surface area contributed by atoms with Crippen LogP contribution in [0.3, 0.4) is 0 Å². The van der Waals surface area contributed by atoms with Crippen molar-refractivity contribution in [3.05, 3.63) is 0 Å². The SMILES string of the molecule is COC(=O)C1(F)CNCC12CCOCC2. The summed E-state index contributed by atoms with van der Waals surface area (Å²) in [4.78, 5) is 11.5. The fraction of sp³-hybridized carbons (Fsp3) is 0.900. The highest BCUT2D eigenvalue weighted by Gasteiger charge is 2.61. The van der Waals surface area contributed by atoms with Crippen LogP contribution in [0, 0.1) is 5.41 Å². The Labute approximate surface area is 88.1 Å². The van der Waals surface area contributed by atoms with Crippen LogP contribution in [0.5, 0.6) is 0 Å². The zero-order chi connectivity index (χ0) is 10.9. The predicted octanol–water partition coefficient (Wildman–Crippen LogP) is 0.268. The fourth-order valence-electron chi connectivity index (χ4n) is 2.59. The summed E-state index contributed by atoms with van der Waals surface area (Å²) in [7, 11) is 1.23. The Morgan fingerprint density at radius 1 is 1.40 bits per heavy atom. The van der Waals surface area contributed by atoms with Crippen molar-refractivity contribution >= 4 is 5.97 Å². The van der Waals surface area contributed by atoms with Crippen molar-refractivity contribution in [1.29, 1.82) is 0 Å². The molecule has 0 radical (unpaired) electrons. The lowest BCUT2D eigenvalue weighted by Gasteiger charge is -2.40. The first-order chi connectivity index (χ1) is 7.15. The highest BCUT2D eigenvalue weighted by atomic mass is 19.1. The molecule has 2 fully saturated rings. The van der Waals surface area contributed by atoms with E-state index >= 15 is 0 Å². The maximum Gasteiger partial charge on any atom is 0.345 e. The molecular weight excluding hydrogens is 201 g/mol. The number of ether oxygens (including phenoxy) is 2. The lowest BCUT2D eigenvalue weighted by Crippen LogP contribution is -2.53. The summed E-state index contributed by atoms with van der Waals surface area (Å²) in [5, 5.41) is 2.96. The molecule has 4 nitrogen and oxygen atoms in total. The van der Waals surface area contributed by atoms with Crippen LogP contribution in [-0.2, 0) is 14.3 Å². The van der Waals surface area contributed by atoms with E-state index < -0.39 is 17.1 Å². The Morgan fingerprint density at radius 3 is 2.67 bits per heavy atom. The summed E-state index contributed by atoms with van der Waals surface area (Å²) in [5.41, 5.74) is -2.51. The van der Waals surface area contributed by atoms with E-state index in [1.165, 1.54) is 7.11 Å². The van der Waals surface area contributed by atoms with Gasteiger partial charge in [0.25, 0.3) is 0 Å². The number of methoxy groups -OCH3 is 1. The van der Waals surface area contributed by atoms with Gasteiger partial charge in [-0.3, -0.25) is 0 Å². The number of alkyl halides is 1. The normalized spacial score (nSPS) is 34.3. The average molecular weight is 217 g/mol. The predicted molar refractivity (Wildman–Crippen MR) is 51.2 cm³/mol. The molecule has 1 unspecified atom stereocenters. The molecule has 5 heteroatoms. The smallest absolute Gasteiger partial charge is 0.345 e. The zero-order valence-electron chi connectivity index (χ0n) is 8.85. The summed E-state index contributed by atoms with van der Waals surface area (Å²) in [6.07, 6.45) is 1.15. The van der Waals surface area contributed by atoms with Crippen LogP contribution >= 0.6 is 0 Å². The minimum atomic E-state index is -1.88. The molecule has 1 N–H and O–H groups in total. The maximum atomic E-state index is 14.7. The molecule has 2 rings (SSSR count). The third-order valence-corrected chi connectivity index (χ3v) is 3.63. The van der Waals surface area contributed by atoms with E-state index in [0.29, 0.717) is 32.6 Å². The Bertz CT molecular complexity index is 265. The van der Waals surface area contributed by atoms with Gasteiger partial charge in [-0.2, -0.15) is 0 Å². The van der Waals surface area contributed by atoms with Gasteiger partial charge < -0.3 is 14.8 Å². The second-order valence-electron chi connectivity index (χ2n) is 4.29. The van der Waals surface area contributed by atoms with Gasteiger partial charge in [0.2, 0.25) is 5.67 Å². The lowest BCUT2D eigenvalue weighted by molar-refractivity contribution is -0.166. The Hall–Kier alpha value is -0.680. The number of halogens is 1. The van der Waals surface area contributed by atoms with E-state index in [1.807, 2.05) is 0 Å². The molecule has 2 heterocycles. The molecule has 0 amide bonds. The van der Waals surface area contributed by atoms with Crippen LogP contribution in [0.2, 0.25) is 0 Å². The maximum absolute atomic E-state index is 14.7. The second-order valence-corrected chi connectivity index (χ2v) is 4.29. The van der Waals surface area contributed by atoms with Gasteiger partial charge in [-0.05, 0) is 12.8 Å². The molecule has 15 heavy (non-hydrogen) atoms. The van der Waals surface area contributed by atoms with Crippen molar-refractivity contribution in [2.75, 3.05) is 33.4 Å².